The Morgan fingerprint density at radius 1 is 1.30 bits per heavy atom. The minimum atomic E-state index is -2.39. The fraction of sp³-hybridized carbons (Fsp3) is 0.393. The van der Waals surface area contributed by atoms with Crippen molar-refractivity contribution >= 4 is 45.2 Å². The van der Waals surface area contributed by atoms with E-state index in [0.717, 1.165) is 50.2 Å². The number of fused-ring (bicyclic) bond motifs is 1. The molecule has 2 heterocycles. The summed E-state index contributed by atoms with van der Waals surface area (Å²) in [5.74, 6) is 7.03. The second kappa shape index (κ2) is 11.6. The first-order chi connectivity index (χ1) is 17.7. The zero-order valence-corrected chi connectivity index (χ0v) is 23.3. The molecule has 0 aliphatic carbocycles. The van der Waals surface area contributed by atoms with E-state index in [0.29, 0.717) is 18.8 Å². The van der Waals surface area contributed by atoms with Crippen molar-refractivity contribution in [1.82, 2.24) is 4.90 Å². The molecule has 1 aromatic heterocycles. The van der Waals surface area contributed by atoms with Gasteiger partial charge in [0.05, 0.1) is 46.2 Å². The molecule has 37 heavy (non-hydrogen) atoms. The molecule has 2 aromatic carbocycles. The highest BCUT2D eigenvalue weighted by atomic mass is 32.1. The summed E-state index contributed by atoms with van der Waals surface area (Å²) >= 11 is 1.54. The van der Waals surface area contributed by atoms with Crippen LogP contribution in [-0.2, 0) is 11.1 Å². The number of ether oxygens (including phenoxy) is 1. The summed E-state index contributed by atoms with van der Waals surface area (Å²) in [6, 6.07) is 11.2. The second-order valence-electron chi connectivity index (χ2n) is 9.62. The number of nitrogens with zero attached hydrogens (tertiary/aromatic N) is 2. The van der Waals surface area contributed by atoms with E-state index in [1.54, 1.807) is 37.8 Å². The first kappa shape index (κ1) is 27.0. The molecule has 1 unspecified atom stereocenters. The number of nitrogens with one attached hydrogen (secondary N) is 2. The van der Waals surface area contributed by atoms with E-state index >= 15 is 0 Å². The summed E-state index contributed by atoms with van der Waals surface area (Å²) in [6.07, 6.45) is -0.194. The lowest BCUT2D eigenvalue weighted by Crippen LogP contribution is -2.46. The minimum absolute atomic E-state index is 0.234. The predicted octanol–water partition coefficient (Wildman–Crippen LogP) is 5.49. The lowest BCUT2D eigenvalue weighted by Gasteiger charge is -2.33. The van der Waals surface area contributed by atoms with Gasteiger partial charge in [-0.05, 0) is 51.1 Å². The number of hydrogen-bond donors (Lipinski definition) is 2. The smallest absolute Gasteiger partial charge is 0.242 e. The molecule has 1 aliphatic heterocycles. The van der Waals surface area contributed by atoms with Gasteiger partial charge in [-0.1, -0.05) is 24.0 Å². The summed E-state index contributed by atoms with van der Waals surface area (Å²) in [7, 11) is 1.14. The van der Waals surface area contributed by atoms with Gasteiger partial charge in [-0.25, -0.2) is 11.0 Å². The molecule has 9 heteroatoms. The lowest BCUT2D eigenvalue weighted by atomic mass is 10.0. The maximum absolute atomic E-state index is 14.7. The summed E-state index contributed by atoms with van der Waals surface area (Å²) < 4.78 is 33.6. The van der Waals surface area contributed by atoms with Gasteiger partial charge in [0.1, 0.15) is 19.1 Å². The monoisotopic (exact) mass is 538 g/mol. The zero-order chi connectivity index (χ0) is 26.6. The van der Waals surface area contributed by atoms with Gasteiger partial charge in [-0.3, -0.25) is 0 Å². The van der Waals surface area contributed by atoms with E-state index < -0.39 is 13.3 Å². The Morgan fingerprint density at radius 3 is 2.81 bits per heavy atom. The van der Waals surface area contributed by atoms with Gasteiger partial charge in [0.2, 0.25) is 6.54 Å². The molecule has 0 amide bonds. The normalized spacial score (nSPS) is 18.1. The van der Waals surface area contributed by atoms with Crippen LogP contribution in [0, 0.1) is 18.4 Å². The Bertz CT molecular complexity index is 1430. The third-order valence-electron chi connectivity index (χ3n) is 6.52. The molecule has 0 spiro atoms. The molecular formula is C28H32FN4O2PS. The van der Waals surface area contributed by atoms with Crippen LogP contribution in [0.15, 0.2) is 36.4 Å². The van der Waals surface area contributed by atoms with Crippen molar-refractivity contribution in [2.75, 3.05) is 57.8 Å². The molecule has 2 atom stereocenters. The predicted molar refractivity (Wildman–Crippen MR) is 154 cm³/mol. The van der Waals surface area contributed by atoms with E-state index in [2.05, 4.69) is 27.3 Å². The third kappa shape index (κ3) is 6.28. The lowest BCUT2D eigenvalue weighted by molar-refractivity contribution is 0.149. The largest absolute Gasteiger partial charge is 0.495 e. The summed E-state index contributed by atoms with van der Waals surface area (Å²) in [5.41, 5.74) is 2.58. The van der Waals surface area contributed by atoms with Gasteiger partial charge in [0.15, 0.2) is 0 Å². The van der Waals surface area contributed by atoms with Crippen LogP contribution in [0.2, 0.25) is 0 Å². The van der Waals surface area contributed by atoms with Crippen molar-refractivity contribution < 1.29 is 13.7 Å². The van der Waals surface area contributed by atoms with Crippen LogP contribution in [-0.4, -0.2) is 64.2 Å². The van der Waals surface area contributed by atoms with Gasteiger partial charge < -0.3 is 29.7 Å². The maximum Gasteiger partial charge on any atom is 0.242 e. The fourth-order valence-electron chi connectivity index (χ4n) is 4.46. The number of hydrogen-bond acceptors (Lipinski definition) is 6. The van der Waals surface area contributed by atoms with E-state index in [1.165, 1.54) is 0 Å². The van der Waals surface area contributed by atoms with Crippen LogP contribution in [0.25, 0.3) is 14.9 Å². The Labute approximate surface area is 222 Å². The van der Waals surface area contributed by atoms with E-state index in [-0.39, 0.29) is 12.6 Å². The highest BCUT2D eigenvalue weighted by Gasteiger charge is 2.28. The van der Waals surface area contributed by atoms with Crippen LogP contribution in [0.4, 0.5) is 15.8 Å². The Balaban J connectivity index is 1.56. The van der Waals surface area contributed by atoms with E-state index in [4.69, 9.17) is 11.3 Å². The minimum Gasteiger partial charge on any atom is -0.495 e. The molecule has 0 bridgehead atoms. The van der Waals surface area contributed by atoms with Crippen LogP contribution in [0.1, 0.15) is 16.9 Å². The SMILES string of the molecule is [C-]#[N+]Cc1c(C#CCNc2ccc(P(C)(C)=O)cc2OC)sc2c(NC3CCN(C)C[C@H]3F)cccc12. The number of methoxy groups -OCH3 is 1. The molecule has 6 nitrogen and oxygen atoms in total. The number of alkyl halides is 1. The summed E-state index contributed by atoms with van der Waals surface area (Å²) in [4.78, 5) is 6.49. The first-order valence-corrected chi connectivity index (χ1v) is 15.6. The number of rotatable bonds is 7. The van der Waals surface area contributed by atoms with E-state index in [9.17, 15) is 8.96 Å². The van der Waals surface area contributed by atoms with Gasteiger partial charge in [0, 0.05) is 23.8 Å². The van der Waals surface area contributed by atoms with Crippen molar-refractivity contribution in [3.63, 3.8) is 0 Å². The molecule has 3 aromatic rings. The highest BCUT2D eigenvalue weighted by Crippen LogP contribution is 2.38. The number of likely N-dealkylation sites (tertiary alicyclic amines) is 1. The van der Waals surface area contributed by atoms with E-state index in [1.807, 2.05) is 42.3 Å². The van der Waals surface area contributed by atoms with Crippen LogP contribution in [0.5, 0.6) is 5.75 Å². The van der Waals surface area contributed by atoms with Gasteiger partial charge in [-0.15, -0.1) is 11.3 Å². The van der Waals surface area contributed by atoms with Crippen LogP contribution < -0.4 is 20.7 Å². The molecule has 0 saturated carbocycles. The van der Waals surface area contributed by atoms with Crippen molar-refractivity contribution in [2.45, 2.75) is 25.2 Å². The number of piperidine rings is 1. The Hall–Kier alpha value is -3.03. The molecular weight excluding hydrogens is 506 g/mol. The van der Waals surface area contributed by atoms with Gasteiger partial charge >= 0.3 is 0 Å². The van der Waals surface area contributed by atoms with Crippen LogP contribution >= 0.6 is 18.5 Å². The van der Waals surface area contributed by atoms with Gasteiger partial charge in [-0.2, -0.15) is 0 Å². The number of halogens is 1. The second-order valence-corrected chi connectivity index (χ2v) is 13.9. The van der Waals surface area contributed by atoms with Crippen molar-refractivity contribution in [2.24, 2.45) is 0 Å². The highest BCUT2D eigenvalue weighted by molar-refractivity contribution is 7.70. The van der Waals surface area contributed by atoms with Crippen molar-refractivity contribution in [3.8, 4) is 17.6 Å². The molecule has 0 radical (unpaired) electrons. The number of benzene rings is 2. The molecule has 4 rings (SSSR count). The Morgan fingerprint density at radius 2 is 2.11 bits per heavy atom. The quantitative estimate of drug-likeness (QED) is 0.237. The van der Waals surface area contributed by atoms with Gasteiger partial charge in [0.25, 0.3) is 0 Å². The average Bonchev–Trinajstić information content (AvgIpc) is 3.21. The standard InChI is InChI=1S/C28H32FN4O2PS/c1-30-17-21-20-8-6-9-25(32-23-13-15-33(2)18-22(23)29)28(20)37-27(21)10-7-14-31-24-12-11-19(36(4,5)34)16-26(24)35-3/h6,8-9,11-12,16,22-23,31-32H,13-15,17-18H2,2-5H3/t22-,23?/m1/s1. The maximum atomic E-state index is 14.7. The molecule has 1 saturated heterocycles. The molecule has 1 aliphatic rings. The topological polar surface area (TPSA) is 58.0 Å². The first-order valence-electron chi connectivity index (χ1n) is 12.1. The number of thiophene rings is 1. The van der Waals surface area contributed by atoms with Crippen LogP contribution in [0.3, 0.4) is 0 Å². The fourth-order valence-corrected chi connectivity index (χ4v) is 6.49. The zero-order valence-electron chi connectivity index (χ0n) is 21.6. The summed E-state index contributed by atoms with van der Waals surface area (Å²) in [5, 5.41) is 8.46. The van der Waals surface area contributed by atoms with Crippen molar-refractivity contribution in [3.05, 3.63) is 58.3 Å². The summed E-state index contributed by atoms with van der Waals surface area (Å²) in [6.45, 7) is 12.8. The average molecular weight is 539 g/mol. The molecule has 2 N–H and O–H groups in total. The third-order valence-corrected chi connectivity index (χ3v) is 9.24. The molecule has 1 fully saturated rings. The molecule has 194 valence electrons. The number of anilines is 2. The Kier molecular flexibility index (Phi) is 8.45. The van der Waals surface area contributed by atoms with Crippen molar-refractivity contribution in [1.29, 1.82) is 0 Å².